The molecular weight excluding hydrogens is 238 g/mol. The minimum absolute atomic E-state index is 0.0641. The summed E-state index contributed by atoms with van der Waals surface area (Å²) in [4.78, 5) is 14.5. The molecule has 0 spiro atoms. The average molecular weight is 267 g/mol. The lowest BCUT2D eigenvalue weighted by Crippen LogP contribution is -2.47. The van der Waals surface area contributed by atoms with Crippen LogP contribution in [0.4, 0.5) is 0 Å². The normalized spacial score (nSPS) is 25.5. The summed E-state index contributed by atoms with van der Waals surface area (Å²) >= 11 is 0. The first-order valence-electron chi connectivity index (χ1n) is 7.98. The highest BCUT2D eigenvalue weighted by Gasteiger charge is 2.34. The molecular formula is C15H29N3O. The third kappa shape index (κ3) is 4.77. The van der Waals surface area contributed by atoms with Crippen molar-refractivity contribution in [2.75, 3.05) is 19.6 Å². The molecule has 2 unspecified atom stereocenters. The minimum Gasteiger partial charge on any atom is -0.355 e. The molecule has 2 aliphatic rings. The Morgan fingerprint density at radius 2 is 2.11 bits per heavy atom. The molecule has 2 fully saturated rings. The van der Waals surface area contributed by atoms with Gasteiger partial charge in [-0.15, -0.1) is 0 Å². The first kappa shape index (κ1) is 14.8. The molecule has 0 aromatic carbocycles. The molecule has 1 amide bonds. The first-order chi connectivity index (χ1) is 9.20. The molecule has 19 heavy (non-hydrogen) atoms. The van der Waals surface area contributed by atoms with E-state index in [-0.39, 0.29) is 11.9 Å². The van der Waals surface area contributed by atoms with E-state index in [4.69, 9.17) is 0 Å². The van der Waals surface area contributed by atoms with Crippen molar-refractivity contribution in [2.45, 2.75) is 70.5 Å². The molecule has 0 aromatic heterocycles. The Balaban J connectivity index is 1.60. The van der Waals surface area contributed by atoms with Gasteiger partial charge in [0.1, 0.15) is 0 Å². The van der Waals surface area contributed by atoms with Gasteiger partial charge in [-0.3, -0.25) is 9.69 Å². The molecule has 1 aliphatic heterocycles. The van der Waals surface area contributed by atoms with Gasteiger partial charge in [-0.1, -0.05) is 19.8 Å². The Morgan fingerprint density at radius 1 is 1.32 bits per heavy atom. The van der Waals surface area contributed by atoms with Gasteiger partial charge >= 0.3 is 0 Å². The second kappa shape index (κ2) is 7.25. The van der Waals surface area contributed by atoms with E-state index in [1.165, 1.54) is 38.6 Å². The van der Waals surface area contributed by atoms with Gasteiger partial charge in [0.25, 0.3) is 0 Å². The SMILES string of the molecule is CCCCCNC(=O)C(C)NC1CCN(C2CC2)C1. The summed E-state index contributed by atoms with van der Waals surface area (Å²) < 4.78 is 0. The van der Waals surface area contributed by atoms with Gasteiger partial charge in [0.15, 0.2) is 0 Å². The van der Waals surface area contributed by atoms with E-state index in [1.54, 1.807) is 0 Å². The van der Waals surface area contributed by atoms with Crippen molar-refractivity contribution in [1.29, 1.82) is 0 Å². The quantitative estimate of drug-likeness (QED) is 0.655. The Labute approximate surface area is 117 Å². The van der Waals surface area contributed by atoms with Crippen LogP contribution >= 0.6 is 0 Å². The predicted molar refractivity (Wildman–Crippen MR) is 78.1 cm³/mol. The Bertz CT molecular complexity index is 291. The molecule has 1 heterocycles. The summed E-state index contributed by atoms with van der Waals surface area (Å²) in [5.41, 5.74) is 0. The standard InChI is InChI=1S/C15H29N3O/c1-3-4-5-9-16-15(19)12(2)17-13-8-10-18(11-13)14-6-7-14/h12-14,17H,3-11H2,1-2H3,(H,16,19). The molecule has 1 saturated heterocycles. The molecule has 2 N–H and O–H groups in total. The zero-order valence-corrected chi connectivity index (χ0v) is 12.5. The van der Waals surface area contributed by atoms with Crippen molar-refractivity contribution in [3.63, 3.8) is 0 Å². The van der Waals surface area contributed by atoms with Crippen LogP contribution in [-0.2, 0) is 4.79 Å². The van der Waals surface area contributed by atoms with Gasteiger partial charge < -0.3 is 10.6 Å². The van der Waals surface area contributed by atoms with E-state index in [2.05, 4.69) is 22.5 Å². The minimum atomic E-state index is -0.0641. The molecule has 2 rings (SSSR count). The molecule has 0 bridgehead atoms. The number of amides is 1. The average Bonchev–Trinajstić information content (AvgIpc) is 3.15. The fraction of sp³-hybridized carbons (Fsp3) is 0.933. The van der Waals surface area contributed by atoms with Gasteiger partial charge in [0, 0.05) is 31.7 Å². The smallest absolute Gasteiger partial charge is 0.236 e. The molecule has 1 saturated carbocycles. The fourth-order valence-electron chi connectivity index (χ4n) is 2.86. The van der Waals surface area contributed by atoms with Gasteiger partial charge in [0.05, 0.1) is 6.04 Å². The third-order valence-corrected chi connectivity index (χ3v) is 4.24. The molecule has 2 atom stereocenters. The Morgan fingerprint density at radius 3 is 2.79 bits per heavy atom. The largest absolute Gasteiger partial charge is 0.355 e. The highest BCUT2D eigenvalue weighted by molar-refractivity contribution is 5.81. The molecule has 4 heteroatoms. The summed E-state index contributed by atoms with van der Waals surface area (Å²) in [6, 6.07) is 1.28. The summed E-state index contributed by atoms with van der Waals surface area (Å²) in [7, 11) is 0. The van der Waals surface area contributed by atoms with E-state index in [1.807, 2.05) is 6.92 Å². The van der Waals surface area contributed by atoms with Crippen LogP contribution in [0.5, 0.6) is 0 Å². The van der Waals surface area contributed by atoms with Crippen molar-refractivity contribution >= 4 is 5.91 Å². The highest BCUT2D eigenvalue weighted by atomic mass is 16.2. The zero-order valence-electron chi connectivity index (χ0n) is 12.5. The summed E-state index contributed by atoms with van der Waals surface area (Å²) in [5.74, 6) is 0.154. The van der Waals surface area contributed by atoms with E-state index >= 15 is 0 Å². The number of hydrogen-bond acceptors (Lipinski definition) is 3. The van der Waals surface area contributed by atoms with Crippen molar-refractivity contribution in [3.8, 4) is 0 Å². The molecule has 0 radical (unpaired) electrons. The van der Waals surface area contributed by atoms with Crippen LogP contribution in [0.2, 0.25) is 0 Å². The second-order valence-corrected chi connectivity index (χ2v) is 6.10. The van der Waals surface area contributed by atoms with Crippen LogP contribution in [0.25, 0.3) is 0 Å². The number of rotatable bonds is 8. The van der Waals surface area contributed by atoms with Gasteiger partial charge in [0.2, 0.25) is 5.91 Å². The van der Waals surface area contributed by atoms with E-state index in [0.29, 0.717) is 6.04 Å². The van der Waals surface area contributed by atoms with Crippen LogP contribution in [0, 0.1) is 0 Å². The Kier molecular flexibility index (Phi) is 5.64. The van der Waals surface area contributed by atoms with Gasteiger partial charge in [-0.25, -0.2) is 0 Å². The number of carbonyl (C=O) groups excluding carboxylic acids is 1. The van der Waals surface area contributed by atoms with E-state index in [9.17, 15) is 4.79 Å². The van der Waals surface area contributed by atoms with Crippen LogP contribution in [-0.4, -0.2) is 48.6 Å². The van der Waals surface area contributed by atoms with Crippen molar-refractivity contribution < 1.29 is 4.79 Å². The van der Waals surface area contributed by atoms with Crippen LogP contribution in [0.3, 0.4) is 0 Å². The fourth-order valence-corrected chi connectivity index (χ4v) is 2.86. The molecule has 4 nitrogen and oxygen atoms in total. The number of nitrogens with one attached hydrogen (secondary N) is 2. The van der Waals surface area contributed by atoms with Crippen molar-refractivity contribution in [1.82, 2.24) is 15.5 Å². The third-order valence-electron chi connectivity index (χ3n) is 4.24. The van der Waals surface area contributed by atoms with Crippen LogP contribution < -0.4 is 10.6 Å². The molecule has 110 valence electrons. The summed E-state index contributed by atoms with van der Waals surface area (Å²) in [6.45, 7) is 7.30. The van der Waals surface area contributed by atoms with Crippen LogP contribution in [0.15, 0.2) is 0 Å². The first-order valence-corrected chi connectivity index (χ1v) is 7.98. The second-order valence-electron chi connectivity index (χ2n) is 6.10. The lowest BCUT2D eigenvalue weighted by molar-refractivity contribution is -0.122. The number of unbranched alkanes of at least 4 members (excludes halogenated alkanes) is 2. The van der Waals surface area contributed by atoms with Gasteiger partial charge in [-0.05, 0) is 32.6 Å². The zero-order chi connectivity index (χ0) is 13.7. The number of carbonyl (C=O) groups is 1. The van der Waals surface area contributed by atoms with Gasteiger partial charge in [-0.2, -0.15) is 0 Å². The summed E-state index contributed by atoms with van der Waals surface area (Å²) in [6.07, 6.45) is 7.42. The maximum Gasteiger partial charge on any atom is 0.236 e. The number of nitrogens with zero attached hydrogens (tertiary/aromatic N) is 1. The van der Waals surface area contributed by atoms with E-state index < -0.39 is 0 Å². The number of hydrogen-bond donors (Lipinski definition) is 2. The molecule has 0 aromatic rings. The van der Waals surface area contributed by atoms with E-state index in [0.717, 1.165) is 25.6 Å². The lowest BCUT2D eigenvalue weighted by atomic mass is 10.2. The summed E-state index contributed by atoms with van der Waals surface area (Å²) in [5, 5.41) is 6.50. The maximum absolute atomic E-state index is 11.9. The lowest BCUT2D eigenvalue weighted by Gasteiger charge is -2.20. The predicted octanol–water partition coefficient (Wildman–Crippen LogP) is 1.51. The van der Waals surface area contributed by atoms with Crippen LogP contribution in [0.1, 0.15) is 52.4 Å². The Hall–Kier alpha value is -0.610. The highest BCUT2D eigenvalue weighted by Crippen LogP contribution is 2.29. The van der Waals surface area contributed by atoms with Crippen molar-refractivity contribution in [2.24, 2.45) is 0 Å². The number of likely N-dealkylation sites (tertiary alicyclic amines) is 1. The molecule has 1 aliphatic carbocycles. The monoisotopic (exact) mass is 267 g/mol. The van der Waals surface area contributed by atoms with Crippen molar-refractivity contribution in [3.05, 3.63) is 0 Å². The maximum atomic E-state index is 11.9. The topological polar surface area (TPSA) is 44.4 Å².